The molecule has 0 bridgehead atoms. The van der Waals surface area contributed by atoms with Crippen LogP contribution >= 0.6 is 0 Å². The highest BCUT2D eigenvalue weighted by Gasteiger charge is 2.43. The molecule has 1 aromatic rings. The zero-order valence-electron chi connectivity index (χ0n) is 12.3. The van der Waals surface area contributed by atoms with Crippen molar-refractivity contribution in [1.29, 1.82) is 0 Å². The fraction of sp³-hybridized carbons (Fsp3) is 0.467. The molecule has 0 atom stereocenters. The van der Waals surface area contributed by atoms with Crippen molar-refractivity contribution in [1.82, 2.24) is 10.2 Å². The molecular weight excluding hydrogens is 256 g/mol. The maximum atomic E-state index is 12.1. The SMILES string of the molecule is CC(C)Oc1ccc(CN2C(=O)NC(C)(C)C2=O)cc1. The van der Waals surface area contributed by atoms with Gasteiger partial charge < -0.3 is 10.1 Å². The first-order valence-corrected chi connectivity index (χ1v) is 6.69. The smallest absolute Gasteiger partial charge is 0.325 e. The summed E-state index contributed by atoms with van der Waals surface area (Å²) in [5.41, 5.74) is 0.0694. The van der Waals surface area contributed by atoms with Crippen LogP contribution in [0.3, 0.4) is 0 Å². The molecule has 0 unspecified atom stereocenters. The summed E-state index contributed by atoms with van der Waals surface area (Å²) in [6.45, 7) is 7.60. The first-order chi connectivity index (χ1) is 9.29. The van der Waals surface area contributed by atoms with Gasteiger partial charge in [-0.05, 0) is 45.4 Å². The van der Waals surface area contributed by atoms with Crippen LogP contribution in [0.5, 0.6) is 5.75 Å². The second kappa shape index (κ2) is 5.15. The number of rotatable bonds is 4. The Morgan fingerprint density at radius 1 is 1.20 bits per heavy atom. The maximum absolute atomic E-state index is 12.1. The number of benzene rings is 1. The average Bonchev–Trinajstić information content (AvgIpc) is 2.53. The van der Waals surface area contributed by atoms with Crippen LogP contribution in [0.2, 0.25) is 0 Å². The maximum Gasteiger partial charge on any atom is 0.325 e. The lowest BCUT2D eigenvalue weighted by molar-refractivity contribution is -0.130. The average molecular weight is 276 g/mol. The largest absolute Gasteiger partial charge is 0.491 e. The van der Waals surface area contributed by atoms with Crippen molar-refractivity contribution >= 4 is 11.9 Å². The van der Waals surface area contributed by atoms with Gasteiger partial charge in [-0.15, -0.1) is 0 Å². The Kier molecular flexibility index (Phi) is 3.70. The van der Waals surface area contributed by atoms with Crippen LogP contribution in [-0.2, 0) is 11.3 Å². The predicted octanol–water partition coefficient (Wildman–Crippen LogP) is 2.30. The van der Waals surface area contributed by atoms with Gasteiger partial charge in [-0.1, -0.05) is 12.1 Å². The molecule has 5 nitrogen and oxygen atoms in total. The summed E-state index contributed by atoms with van der Waals surface area (Å²) in [5.74, 6) is 0.575. The van der Waals surface area contributed by atoms with Gasteiger partial charge in [0.1, 0.15) is 11.3 Å². The number of hydrogen-bond donors (Lipinski definition) is 1. The molecule has 0 radical (unpaired) electrons. The van der Waals surface area contributed by atoms with Gasteiger partial charge in [0.25, 0.3) is 5.91 Å². The van der Waals surface area contributed by atoms with E-state index in [1.54, 1.807) is 13.8 Å². The minimum absolute atomic E-state index is 0.118. The fourth-order valence-electron chi connectivity index (χ4n) is 2.09. The first kappa shape index (κ1) is 14.4. The van der Waals surface area contributed by atoms with E-state index in [-0.39, 0.29) is 24.6 Å². The molecule has 1 aromatic carbocycles. The highest BCUT2D eigenvalue weighted by atomic mass is 16.5. The molecule has 2 rings (SSSR count). The Morgan fingerprint density at radius 2 is 1.80 bits per heavy atom. The van der Waals surface area contributed by atoms with Crippen molar-refractivity contribution < 1.29 is 14.3 Å². The van der Waals surface area contributed by atoms with Gasteiger partial charge in [0, 0.05) is 0 Å². The van der Waals surface area contributed by atoms with Gasteiger partial charge in [0.2, 0.25) is 0 Å². The van der Waals surface area contributed by atoms with E-state index in [4.69, 9.17) is 4.74 Å². The Labute approximate surface area is 118 Å². The van der Waals surface area contributed by atoms with E-state index in [0.717, 1.165) is 11.3 Å². The standard InChI is InChI=1S/C15H20N2O3/c1-10(2)20-12-7-5-11(6-8-12)9-17-13(18)15(3,4)16-14(17)19/h5-8,10H,9H2,1-4H3,(H,16,19). The number of imide groups is 1. The molecule has 0 aliphatic carbocycles. The zero-order valence-corrected chi connectivity index (χ0v) is 12.3. The molecule has 108 valence electrons. The monoisotopic (exact) mass is 276 g/mol. The van der Waals surface area contributed by atoms with E-state index < -0.39 is 5.54 Å². The molecule has 1 N–H and O–H groups in total. The molecule has 20 heavy (non-hydrogen) atoms. The molecule has 1 fully saturated rings. The van der Waals surface area contributed by atoms with E-state index in [1.165, 1.54) is 4.90 Å². The Bertz CT molecular complexity index is 520. The predicted molar refractivity (Wildman–Crippen MR) is 75.4 cm³/mol. The van der Waals surface area contributed by atoms with Gasteiger partial charge in [-0.25, -0.2) is 4.79 Å². The molecule has 1 saturated heterocycles. The molecule has 1 aliphatic heterocycles. The topological polar surface area (TPSA) is 58.6 Å². The quantitative estimate of drug-likeness (QED) is 0.858. The third-order valence-corrected chi connectivity index (χ3v) is 3.08. The summed E-state index contributed by atoms with van der Waals surface area (Å²) < 4.78 is 5.55. The fourth-order valence-corrected chi connectivity index (χ4v) is 2.09. The second-order valence-corrected chi connectivity index (χ2v) is 5.76. The molecule has 5 heteroatoms. The van der Waals surface area contributed by atoms with Crippen LogP contribution in [0.25, 0.3) is 0 Å². The molecule has 0 aromatic heterocycles. The number of nitrogens with zero attached hydrogens (tertiary/aromatic N) is 1. The molecule has 0 saturated carbocycles. The van der Waals surface area contributed by atoms with Crippen LogP contribution < -0.4 is 10.1 Å². The lowest BCUT2D eigenvalue weighted by Gasteiger charge is -2.16. The number of carbonyl (C=O) groups is 2. The summed E-state index contributed by atoms with van der Waals surface area (Å²) in [7, 11) is 0. The number of carbonyl (C=O) groups excluding carboxylic acids is 2. The van der Waals surface area contributed by atoms with Crippen molar-refractivity contribution in [2.45, 2.75) is 45.9 Å². The van der Waals surface area contributed by atoms with Crippen LogP contribution in [0.4, 0.5) is 4.79 Å². The van der Waals surface area contributed by atoms with Gasteiger partial charge in [-0.2, -0.15) is 0 Å². The van der Waals surface area contributed by atoms with Crippen LogP contribution in [0.1, 0.15) is 33.3 Å². The second-order valence-electron chi connectivity index (χ2n) is 5.76. The Balaban J connectivity index is 2.07. The van der Waals surface area contributed by atoms with E-state index in [9.17, 15) is 9.59 Å². The molecule has 1 heterocycles. The Morgan fingerprint density at radius 3 is 2.25 bits per heavy atom. The van der Waals surface area contributed by atoms with Crippen LogP contribution in [0, 0.1) is 0 Å². The third-order valence-electron chi connectivity index (χ3n) is 3.08. The van der Waals surface area contributed by atoms with Gasteiger partial charge in [0.05, 0.1) is 12.6 Å². The number of amides is 3. The number of nitrogens with one attached hydrogen (secondary N) is 1. The van der Waals surface area contributed by atoms with Crippen LogP contribution in [0.15, 0.2) is 24.3 Å². The summed E-state index contributed by atoms with van der Waals surface area (Å²) >= 11 is 0. The van der Waals surface area contributed by atoms with Gasteiger partial charge in [-0.3, -0.25) is 9.69 Å². The molecule has 0 spiro atoms. The van der Waals surface area contributed by atoms with Crippen molar-refractivity contribution in [3.8, 4) is 5.75 Å². The zero-order chi connectivity index (χ0) is 14.9. The summed E-state index contributed by atoms with van der Waals surface area (Å²) in [6.07, 6.45) is 0.118. The van der Waals surface area contributed by atoms with Gasteiger partial charge >= 0.3 is 6.03 Å². The highest BCUT2D eigenvalue weighted by Crippen LogP contribution is 2.20. The van der Waals surface area contributed by atoms with E-state index in [2.05, 4.69) is 5.32 Å². The van der Waals surface area contributed by atoms with Crippen molar-refractivity contribution in [3.05, 3.63) is 29.8 Å². The summed E-state index contributed by atoms with van der Waals surface area (Å²) in [6, 6.07) is 7.08. The lowest BCUT2D eigenvalue weighted by atomic mass is 10.1. The molecule has 1 aliphatic rings. The first-order valence-electron chi connectivity index (χ1n) is 6.69. The van der Waals surface area contributed by atoms with E-state index >= 15 is 0 Å². The normalized spacial score (nSPS) is 17.6. The third kappa shape index (κ3) is 2.92. The van der Waals surface area contributed by atoms with Crippen LogP contribution in [-0.4, -0.2) is 28.5 Å². The van der Waals surface area contributed by atoms with E-state index in [0.29, 0.717) is 0 Å². The highest BCUT2D eigenvalue weighted by molar-refractivity contribution is 6.06. The minimum Gasteiger partial charge on any atom is -0.491 e. The van der Waals surface area contributed by atoms with E-state index in [1.807, 2.05) is 38.1 Å². The van der Waals surface area contributed by atoms with Crippen molar-refractivity contribution in [2.75, 3.05) is 0 Å². The lowest BCUT2D eigenvalue weighted by Crippen LogP contribution is -2.40. The van der Waals surface area contributed by atoms with Crippen molar-refractivity contribution in [3.63, 3.8) is 0 Å². The van der Waals surface area contributed by atoms with Crippen molar-refractivity contribution in [2.24, 2.45) is 0 Å². The molecule has 3 amide bonds. The Hall–Kier alpha value is -2.04. The summed E-state index contributed by atoms with van der Waals surface area (Å²) in [5, 5.41) is 2.66. The minimum atomic E-state index is -0.822. The summed E-state index contributed by atoms with van der Waals surface area (Å²) in [4.78, 5) is 25.1. The number of hydrogen-bond acceptors (Lipinski definition) is 3. The van der Waals surface area contributed by atoms with Gasteiger partial charge in [0.15, 0.2) is 0 Å². The number of ether oxygens (including phenoxy) is 1. The molecular formula is C15H20N2O3. The number of urea groups is 1.